The van der Waals surface area contributed by atoms with Crippen molar-refractivity contribution in [1.29, 1.82) is 0 Å². The van der Waals surface area contributed by atoms with Gasteiger partial charge in [-0.1, -0.05) is 121 Å². The van der Waals surface area contributed by atoms with Crippen LogP contribution < -0.4 is 9.80 Å². The minimum Gasteiger partial charge on any atom is -0.310 e. The molecule has 46 heavy (non-hydrogen) atoms. The highest BCUT2D eigenvalue weighted by Gasteiger charge is 2.23. The number of allylic oxidation sites excluding steroid dienone is 7. The van der Waals surface area contributed by atoms with Crippen LogP contribution in [0.5, 0.6) is 0 Å². The van der Waals surface area contributed by atoms with Crippen LogP contribution in [0, 0.1) is 18.1 Å². The quantitative estimate of drug-likeness (QED) is 0.183. The van der Waals surface area contributed by atoms with Crippen LogP contribution in [0.4, 0.5) is 28.4 Å². The fourth-order valence-electron chi connectivity index (χ4n) is 6.59. The zero-order chi connectivity index (χ0) is 30.7. The van der Waals surface area contributed by atoms with Gasteiger partial charge in [0.1, 0.15) is 0 Å². The summed E-state index contributed by atoms with van der Waals surface area (Å²) in [7, 11) is 0. The summed E-state index contributed by atoms with van der Waals surface area (Å²) in [5.41, 5.74) is 10.3. The van der Waals surface area contributed by atoms with E-state index in [1.807, 2.05) is 12.1 Å². The van der Waals surface area contributed by atoms with E-state index in [1.165, 1.54) is 33.2 Å². The van der Waals surface area contributed by atoms with Gasteiger partial charge in [0.25, 0.3) is 0 Å². The minimum atomic E-state index is 0.391. The second-order valence-corrected chi connectivity index (χ2v) is 11.6. The second-order valence-electron chi connectivity index (χ2n) is 11.6. The van der Waals surface area contributed by atoms with Crippen molar-refractivity contribution in [2.45, 2.75) is 6.42 Å². The maximum absolute atomic E-state index is 3.35. The number of para-hydroxylation sites is 1. The number of hydrogen-bond acceptors (Lipinski definition) is 2. The van der Waals surface area contributed by atoms with Gasteiger partial charge in [-0.2, -0.15) is 0 Å². The van der Waals surface area contributed by atoms with E-state index in [2.05, 4.69) is 186 Å². The monoisotopic (exact) mass is 588 g/mol. The molecule has 0 aliphatic heterocycles. The molecule has 8 rings (SSSR count). The molecule has 0 bridgehead atoms. The van der Waals surface area contributed by atoms with Crippen molar-refractivity contribution in [2.75, 3.05) is 9.80 Å². The third-order valence-corrected chi connectivity index (χ3v) is 8.81. The summed E-state index contributed by atoms with van der Waals surface area (Å²) in [5.74, 6) is 0.391. The van der Waals surface area contributed by atoms with Crippen molar-refractivity contribution in [1.82, 2.24) is 0 Å². The molecule has 0 saturated heterocycles. The van der Waals surface area contributed by atoms with E-state index >= 15 is 0 Å². The molecule has 2 aliphatic rings. The summed E-state index contributed by atoms with van der Waals surface area (Å²) < 4.78 is 0. The Balaban J connectivity index is 1.15. The van der Waals surface area contributed by atoms with Gasteiger partial charge in [-0.05, 0) is 95.2 Å². The molecule has 0 aromatic heterocycles. The second kappa shape index (κ2) is 12.2. The van der Waals surface area contributed by atoms with Crippen LogP contribution in [-0.4, -0.2) is 0 Å². The average Bonchev–Trinajstić information content (AvgIpc) is 3.14. The third-order valence-electron chi connectivity index (χ3n) is 8.81. The van der Waals surface area contributed by atoms with Gasteiger partial charge in [0, 0.05) is 28.4 Å². The van der Waals surface area contributed by atoms with Crippen molar-refractivity contribution in [3.63, 3.8) is 0 Å². The smallest absolute Gasteiger partial charge is 0.0973 e. The molecule has 6 aromatic carbocycles. The van der Waals surface area contributed by atoms with Crippen molar-refractivity contribution < 1.29 is 0 Å². The Labute approximate surface area is 271 Å². The van der Waals surface area contributed by atoms with Crippen molar-refractivity contribution in [2.24, 2.45) is 5.92 Å². The Morgan fingerprint density at radius 3 is 2.02 bits per heavy atom. The van der Waals surface area contributed by atoms with Crippen LogP contribution >= 0.6 is 0 Å². The molecule has 0 amide bonds. The van der Waals surface area contributed by atoms with Gasteiger partial charge in [0.15, 0.2) is 0 Å². The molecule has 1 atom stereocenters. The third kappa shape index (κ3) is 5.19. The molecule has 0 fully saturated rings. The maximum Gasteiger partial charge on any atom is 0.0973 e. The summed E-state index contributed by atoms with van der Waals surface area (Å²) >= 11 is 0. The number of nitrogens with zero attached hydrogens (tertiary/aromatic N) is 2. The highest BCUT2D eigenvalue weighted by atomic mass is 15.2. The van der Waals surface area contributed by atoms with Crippen LogP contribution in [0.1, 0.15) is 6.42 Å². The first-order valence-electron chi connectivity index (χ1n) is 15.8. The molecular weight excluding hydrogens is 556 g/mol. The Hall–Kier alpha value is -6.04. The summed E-state index contributed by atoms with van der Waals surface area (Å²) in [4.78, 5) is 4.64. The normalized spacial score (nSPS) is 15.0. The molecule has 2 aliphatic carbocycles. The lowest BCUT2D eigenvalue weighted by Crippen LogP contribution is -2.21. The molecule has 1 unspecified atom stereocenters. The van der Waals surface area contributed by atoms with Gasteiger partial charge >= 0.3 is 0 Å². The van der Waals surface area contributed by atoms with Gasteiger partial charge in [-0.25, -0.2) is 0 Å². The topological polar surface area (TPSA) is 6.48 Å². The highest BCUT2D eigenvalue weighted by Crippen LogP contribution is 2.41. The van der Waals surface area contributed by atoms with Crippen LogP contribution in [0.25, 0.3) is 21.9 Å². The van der Waals surface area contributed by atoms with Gasteiger partial charge in [0.2, 0.25) is 0 Å². The number of fused-ring (bicyclic) bond motifs is 2. The van der Waals surface area contributed by atoms with Crippen molar-refractivity contribution in [3.05, 3.63) is 199 Å². The molecular formula is C44H32N2. The average molecular weight is 589 g/mol. The standard InChI is InChI=1S/C44H32N2/c1-3-17-37(18-4-1)45(43-23-11-15-35-13-7-9-21-41(35)43)39-29-25-33(26-30-39)34-27-31-40(32-28-34)46(38-19-5-2-6-20-38)44-24-12-16-36-14-8-10-22-42(36)44/h1-5,7-15,17-19,21-32,36H,16H2. The van der Waals surface area contributed by atoms with E-state index in [0.29, 0.717) is 5.92 Å². The predicted octanol–water partition coefficient (Wildman–Crippen LogP) is 11.7. The van der Waals surface area contributed by atoms with Crippen LogP contribution in [0.2, 0.25) is 0 Å². The van der Waals surface area contributed by atoms with Gasteiger partial charge in [-0.15, -0.1) is 0 Å². The molecule has 0 heterocycles. The molecule has 0 radical (unpaired) electrons. The number of benzene rings is 5. The highest BCUT2D eigenvalue weighted by molar-refractivity contribution is 5.99. The van der Waals surface area contributed by atoms with Crippen molar-refractivity contribution in [3.8, 4) is 11.1 Å². The fraction of sp³-hybridized carbons (Fsp3) is 0.0455. The zero-order valence-corrected chi connectivity index (χ0v) is 25.4. The first kappa shape index (κ1) is 27.5. The number of rotatable bonds is 7. The van der Waals surface area contributed by atoms with Gasteiger partial charge in [0.05, 0.1) is 17.1 Å². The van der Waals surface area contributed by atoms with Gasteiger partial charge in [-0.3, -0.25) is 0 Å². The molecule has 218 valence electrons. The fourth-order valence-corrected chi connectivity index (χ4v) is 6.59. The van der Waals surface area contributed by atoms with Crippen molar-refractivity contribution >= 4 is 39.2 Å². The Kier molecular flexibility index (Phi) is 7.27. The summed E-state index contributed by atoms with van der Waals surface area (Å²) in [6.45, 7) is 0. The Morgan fingerprint density at radius 2 is 1.26 bits per heavy atom. The lowest BCUT2D eigenvalue weighted by molar-refractivity contribution is 0.763. The van der Waals surface area contributed by atoms with E-state index in [4.69, 9.17) is 0 Å². The first-order valence-corrected chi connectivity index (χ1v) is 15.8. The molecule has 0 spiro atoms. The molecule has 0 saturated carbocycles. The number of anilines is 5. The van der Waals surface area contributed by atoms with E-state index in [0.717, 1.165) is 34.9 Å². The first-order chi connectivity index (χ1) is 22.8. The van der Waals surface area contributed by atoms with E-state index < -0.39 is 0 Å². The molecule has 2 heteroatoms. The molecule has 0 N–H and O–H groups in total. The van der Waals surface area contributed by atoms with Crippen LogP contribution in [-0.2, 0) is 0 Å². The zero-order valence-electron chi connectivity index (χ0n) is 25.4. The molecule has 2 nitrogen and oxygen atoms in total. The van der Waals surface area contributed by atoms with Gasteiger partial charge < -0.3 is 9.80 Å². The van der Waals surface area contributed by atoms with E-state index in [-0.39, 0.29) is 0 Å². The summed E-state index contributed by atoms with van der Waals surface area (Å²) in [6, 6.07) is 56.0. The van der Waals surface area contributed by atoms with E-state index in [1.54, 1.807) is 0 Å². The maximum atomic E-state index is 3.35. The lowest BCUT2D eigenvalue weighted by atomic mass is 9.86. The SMILES string of the molecule is c1cccc(N(C2=C3C=CC=CC3CC=C2)c2ccc(-c3ccc(N(c4ccccc4)c4cccc5ccccc45)cc3)cc2)c#1. The van der Waals surface area contributed by atoms with Crippen LogP contribution in [0.3, 0.4) is 0 Å². The van der Waals surface area contributed by atoms with E-state index in [9.17, 15) is 0 Å². The Bertz CT molecular complexity index is 2100. The Morgan fingerprint density at radius 1 is 0.565 bits per heavy atom. The van der Waals surface area contributed by atoms with Crippen LogP contribution in [0.15, 0.2) is 187 Å². The largest absolute Gasteiger partial charge is 0.310 e. The summed E-state index contributed by atoms with van der Waals surface area (Å²) in [5, 5.41) is 2.45. The lowest BCUT2D eigenvalue weighted by Gasteiger charge is -2.31. The summed E-state index contributed by atoms with van der Waals surface area (Å²) in [6.07, 6.45) is 14.4. The predicted molar refractivity (Wildman–Crippen MR) is 193 cm³/mol. The molecule has 6 aromatic rings. The minimum absolute atomic E-state index is 0.391. The number of hydrogen-bond donors (Lipinski definition) is 0.